The first-order valence-corrected chi connectivity index (χ1v) is 17.7. The summed E-state index contributed by atoms with van der Waals surface area (Å²) >= 11 is 6.18. The van der Waals surface area contributed by atoms with E-state index < -0.39 is 22.0 Å². The summed E-state index contributed by atoms with van der Waals surface area (Å²) in [6, 6.07) is 30.9. The van der Waals surface area contributed by atoms with Gasteiger partial charge >= 0.3 is 0 Å². The topological polar surface area (TPSA) is 129 Å². The number of hydrogen-bond donors (Lipinski definition) is 3. The molecule has 2 atom stereocenters. The molecule has 0 saturated carbocycles. The number of rotatable bonds is 15. The molecule has 0 bridgehead atoms. The monoisotopic (exact) mass is 687 g/mol. The van der Waals surface area contributed by atoms with Gasteiger partial charge in [-0.05, 0) is 78.1 Å². The fourth-order valence-corrected chi connectivity index (χ4v) is 6.71. The van der Waals surface area contributed by atoms with Gasteiger partial charge in [-0.25, -0.2) is 13.1 Å². The molecule has 250 valence electrons. The van der Waals surface area contributed by atoms with E-state index in [-0.39, 0.29) is 24.0 Å². The molecular formula is C37H38ClN3O6S. The van der Waals surface area contributed by atoms with Crippen molar-refractivity contribution >= 4 is 38.4 Å². The summed E-state index contributed by atoms with van der Waals surface area (Å²) in [6.07, 6.45) is 1.69. The van der Waals surface area contributed by atoms with E-state index in [0.717, 1.165) is 11.1 Å². The molecule has 5 rings (SSSR count). The van der Waals surface area contributed by atoms with Gasteiger partial charge in [0.25, 0.3) is 5.91 Å². The highest BCUT2D eigenvalue weighted by atomic mass is 35.5. The second kappa shape index (κ2) is 16.2. The lowest BCUT2D eigenvalue weighted by atomic mass is 10.0. The number of carbonyl (C=O) groups is 1. The molecule has 0 aliphatic heterocycles. The number of carbonyl (C=O) groups excluding carboxylic acids is 1. The number of aromatic nitrogens is 1. The Bertz CT molecular complexity index is 1940. The molecule has 11 heteroatoms. The van der Waals surface area contributed by atoms with Crippen LogP contribution in [0.1, 0.15) is 46.5 Å². The number of aliphatic hydroxyl groups is 2. The predicted molar refractivity (Wildman–Crippen MR) is 188 cm³/mol. The van der Waals surface area contributed by atoms with Gasteiger partial charge in [0.15, 0.2) is 0 Å². The molecule has 0 unspecified atom stereocenters. The van der Waals surface area contributed by atoms with Crippen LogP contribution in [0.15, 0.2) is 109 Å². The SMILES string of the molecule is CCCS(=O)(=O)NC(=O)c1ccc2c(Oc3ccc(C[C@@H](CO)N(Cc4ccccc4)C[C@H](O)c4cccc(Cl)c4)cc3)ccnc2c1. The summed E-state index contributed by atoms with van der Waals surface area (Å²) in [7, 11) is -3.71. The number of amides is 1. The molecule has 4 aromatic carbocycles. The molecule has 0 aliphatic carbocycles. The molecule has 0 aliphatic rings. The molecular weight excluding hydrogens is 650 g/mol. The Morgan fingerprint density at radius 1 is 0.958 bits per heavy atom. The smallest absolute Gasteiger partial charge is 0.264 e. The Morgan fingerprint density at radius 2 is 1.73 bits per heavy atom. The van der Waals surface area contributed by atoms with Gasteiger partial charge in [-0.2, -0.15) is 0 Å². The standard InChI is InChI=1S/C37H38ClN3O6S/c1-2-19-48(45,46)40-37(44)29-13-16-33-34(22-29)39-18-17-36(33)47-32-14-11-26(12-15-32)20-31(25-42)41(23-27-7-4-3-5-8-27)24-35(43)28-9-6-10-30(38)21-28/h3-18,21-22,31,35,42-43H,2,19-20,23-25H2,1H3,(H,40,44)/t31-,35-/m0/s1. The van der Waals surface area contributed by atoms with Gasteiger partial charge in [-0.1, -0.05) is 73.1 Å². The molecule has 3 N–H and O–H groups in total. The Morgan fingerprint density at radius 3 is 2.44 bits per heavy atom. The number of benzene rings is 4. The summed E-state index contributed by atoms with van der Waals surface area (Å²) in [5.74, 6) is 0.255. The van der Waals surface area contributed by atoms with E-state index in [1.165, 1.54) is 12.1 Å². The molecule has 0 saturated heterocycles. The minimum absolute atomic E-state index is 0.110. The van der Waals surface area contributed by atoms with E-state index in [1.807, 2.05) is 66.7 Å². The second-order valence-corrected chi connectivity index (χ2v) is 13.8. The number of pyridine rings is 1. The summed E-state index contributed by atoms with van der Waals surface area (Å²) < 4.78 is 32.4. The van der Waals surface area contributed by atoms with Crippen LogP contribution in [0.25, 0.3) is 10.9 Å². The largest absolute Gasteiger partial charge is 0.457 e. The van der Waals surface area contributed by atoms with Crippen LogP contribution in [0, 0.1) is 0 Å². The third-order valence-corrected chi connectivity index (χ3v) is 9.58. The summed E-state index contributed by atoms with van der Waals surface area (Å²) in [5, 5.41) is 22.8. The number of nitrogens with zero attached hydrogens (tertiary/aromatic N) is 2. The molecule has 9 nitrogen and oxygen atoms in total. The average molecular weight is 688 g/mol. The first kappa shape index (κ1) is 35.0. The van der Waals surface area contributed by atoms with Crippen LogP contribution >= 0.6 is 11.6 Å². The number of aliphatic hydroxyl groups excluding tert-OH is 2. The Labute approximate surface area is 285 Å². The number of halogens is 1. The highest BCUT2D eigenvalue weighted by Crippen LogP contribution is 2.30. The van der Waals surface area contributed by atoms with Gasteiger partial charge < -0.3 is 14.9 Å². The van der Waals surface area contributed by atoms with Gasteiger partial charge in [0.2, 0.25) is 10.0 Å². The Hall–Kier alpha value is -4.32. The van der Waals surface area contributed by atoms with Crippen LogP contribution in [-0.4, -0.2) is 59.4 Å². The van der Waals surface area contributed by atoms with Crippen molar-refractivity contribution in [2.75, 3.05) is 18.9 Å². The van der Waals surface area contributed by atoms with E-state index in [4.69, 9.17) is 16.3 Å². The number of nitrogens with one attached hydrogen (secondary N) is 1. The highest BCUT2D eigenvalue weighted by Gasteiger charge is 2.23. The number of hydrogen-bond acceptors (Lipinski definition) is 8. The van der Waals surface area contributed by atoms with Crippen molar-refractivity contribution in [3.05, 3.63) is 137 Å². The van der Waals surface area contributed by atoms with Gasteiger partial charge in [0.05, 0.1) is 24.0 Å². The van der Waals surface area contributed by atoms with E-state index in [9.17, 15) is 23.4 Å². The van der Waals surface area contributed by atoms with Gasteiger partial charge in [0.1, 0.15) is 11.5 Å². The average Bonchev–Trinajstić information content (AvgIpc) is 3.07. The van der Waals surface area contributed by atoms with Crippen LogP contribution in [0.3, 0.4) is 0 Å². The summed E-state index contributed by atoms with van der Waals surface area (Å²) in [4.78, 5) is 19.0. The highest BCUT2D eigenvalue weighted by molar-refractivity contribution is 7.90. The van der Waals surface area contributed by atoms with E-state index >= 15 is 0 Å². The van der Waals surface area contributed by atoms with Crippen molar-refractivity contribution in [3.8, 4) is 11.5 Å². The molecule has 48 heavy (non-hydrogen) atoms. The van der Waals surface area contributed by atoms with Gasteiger partial charge in [0, 0.05) is 41.3 Å². The lowest BCUT2D eigenvalue weighted by Crippen LogP contribution is -2.41. The zero-order valence-electron chi connectivity index (χ0n) is 26.5. The van der Waals surface area contributed by atoms with Crippen LogP contribution in [0.2, 0.25) is 5.02 Å². The first-order chi connectivity index (χ1) is 23.1. The number of ether oxygens (including phenoxy) is 1. The van der Waals surface area contributed by atoms with Crippen LogP contribution in [0.4, 0.5) is 0 Å². The Kier molecular flexibility index (Phi) is 11.8. The van der Waals surface area contributed by atoms with E-state index in [1.54, 1.807) is 37.4 Å². The Balaban J connectivity index is 1.30. The molecule has 0 radical (unpaired) electrons. The minimum atomic E-state index is -3.71. The number of sulfonamides is 1. The van der Waals surface area contributed by atoms with Crippen molar-refractivity contribution < 1.29 is 28.2 Å². The first-order valence-electron chi connectivity index (χ1n) is 15.7. The van der Waals surface area contributed by atoms with Crippen molar-refractivity contribution in [2.24, 2.45) is 0 Å². The van der Waals surface area contributed by atoms with E-state index in [2.05, 4.69) is 14.6 Å². The minimum Gasteiger partial charge on any atom is -0.457 e. The molecule has 1 heterocycles. The maximum Gasteiger partial charge on any atom is 0.264 e. The third kappa shape index (κ3) is 9.40. The molecule has 1 aromatic heterocycles. The maximum absolute atomic E-state index is 12.6. The van der Waals surface area contributed by atoms with Crippen LogP contribution in [0.5, 0.6) is 11.5 Å². The number of fused-ring (bicyclic) bond motifs is 1. The van der Waals surface area contributed by atoms with Crippen molar-refractivity contribution in [3.63, 3.8) is 0 Å². The second-order valence-electron chi connectivity index (χ2n) is 11.6. The maximum atomic E-state index is 12.6. The fraction of sp³-hybridized carbons (Fsp3) is 0.243. The zero-order valence-corrected chi connectivity index (χ0v) is 28.1. The molecule has 0 spiro atoms. The van der Waals surface area contributed by atoms with Crippen molar-refractivity contribution in [1.29, 1.82) is 0 Å². The fourth-order valence-electron chi connectivity index (χ4n) is 5.48. The molecule has 1 amide bonds. The third-order valence-electron chi connectivity index (χ3n) is 7.90. The summed E-state index contributed by atoms with van der Waals surface area (Å²) in [5.41, 5.74) is 3.41. The lowest BCUT2D eigenvalue weighted by Gasteiger charge is -2.32. The predicted octanol–water partition coefficient (Wildman–Crippen LogP) is 6.29. The van der Waals surface area contributed by atoms with Crippen LogP contribution in [-0.2, 0) is 23.0 Å². The van der Waals surface area contributed by atoms with Gasteiger partial charge in [-0.15, -0.1) is 0 Å². The lowest BCUT2D eigenvalue weighted by molar-refractivity contribution is 0.0566. The molecule has 5 aromatic rings. The normalized spacial score (nSPS) is 12.9. The summed E-state index contributed by atoms with van der Waals surface area (Å²) in [6.45, 7) is 2.45. The zero-order chi connectivity index (χ0) is 34.1. The van der Waals surface area contributed by atoms with Gasteiger partial charge in [-0.3, -0.25) is 14.7 Å². The quantitative estimate of drug-likeness (QED) is 0.117. The van der Waals surface area contributed by atoms with E-state index in [0.29, 0.717) is 58.9 Å². The van der Waals surface area contributed by atoms with Crippen LogP contribution < -0.4 is 9.46 Å². The van der Waals surface area contributed by atoms with Crippen molar-refractivity contribution in [2.45, 2.75) is 38.5 Å². The molecule has 0 fully saturated rings. The van der Waals surface area contributed by atoms with Crippen molar-refractivity contribution in [1.82, 2.24) is 14.6 Å².